The first-order valence-corrected chi connectivity index (χ1v) is 12.2. The summed E-state index contributed by atoms with van der Waals surface area (Å²) in [7, 11) is 0. The summed E-state index contributed by atoms with van der Waals surface area (Å²) in [6.45, 7) is 5.84. The van der Waals surface area contributed by atoms with Crippen molar-refractivity contribution in [3.63, 3.8) is 0 Å². The SMILES string of the molecule is CC1=NC(NC(=O)c2cnccn2)(c2ccc(Cl)cc2)C(CN2CCN(c3ccc(F)cc3)CC2)=C1. The Hall–Kier alpha value is -3.62. The van der Waals surface area contributed by atoms with Gasteiger partial charge in [0.2, 0.25) is 0 Å². The number of carbonyl (C=O) groups excluding carboxylic acids is 1. The van der Waals surface area contributed by atoms with Crippen LogP contribution >= 0.6 is 11.6 Å². The molecule has 1 amide bonds. The summed E-state index contributed by atoms with van der Waals surface area (Å²) in [6.07, 6.45) is 6.50. The van der Waals surface area contributed by atoms with Crippen molar-refractivity contribution < 1.29 is 9.18 Å². The van der Waals surface area contributed by atoms with Crippen LogP contribution in [0.5, 0.6) is 0 Å². The fourth-order valence-electron chi connectivity index (χ4n) is 4.71. The second-order valence-electron chi connectivity index (χ2n) is 8.92. The second-order valence-corrected chi connectivity index (χ2v) is 9.36. The lowest BCUT2D eigenvalue weighted by Gasteiger charge is -2.39. The molecule has 5 rings (SSSR count). The number of rotatable bonds is 6. The Morgan fingerprint density at radius 3 is 2.44 bits per heavy atom. The largest absolute Gasteiger partial charge is 0.369 e. The number of nitrogens with one attached hydrogen (secondary N) is 1. The Balaban J connectivity index is 1.38. The van der Waals surface area contributed by atoms with Gasteiger partial charge in [-0.05, 0) is 55.0 Å². The molecule has 3 heterocycles. The van der Waals surface area contributed by atoms with E-state index in [9.17, 15) is 9.18 Å². The van der Waals surface area contributed by atoms with E-state index in [0.29, 0.717) is 11.6 Å². The van der Waals surface area contributed by atoms with E-state index in [1.165, 1.54) is 30.7 Å². The number of aliphatic imine (C=N–C) groups is 1. The van der Waals surface area contributed by atoms with Crippen LogP contribution in [0.3, 0.4) is 0 Å². The molecular formula is C27H26ClFN6O. The summed E-state index contributed by atoms with van der Waals surface area (Å²) < 4.78 is 13.3. The van der Waals surface area contributed by atoms with Crippen LogP contribution in [0.25, 0.3) is 0 Å². The summed E-state index contributed by atoms with van der Waals surface area (Å²) in [4.78, 5) is 30.9. The summed E-state index contributed by atoms with van der Waals surface area (Å²) in [6, 6.07) is 14.0. The Labute approximate surface area is 214 Å². The van der Waals surface area contributed by atoms with Crippen molar-refractivity contribution in [1.29, 1.82) is 0 Å². The lowest BCUT2D eigenvalue weighted by atomic mass is 9.91. The molecule has 7 nitrogen and oxygen atoms in total. The van der Waals surface area contributed by atoms with Gasteiger partial charge < -0.3 is 10.2 Å². The smallest absolute Gasteiger partial charge is 0.273 e. The number of aromatic nitrogens is 2. The molecule has 2 aliphatic rings. The average Bonchev–Trinajstić information content (AvgIpc) is 3.21. The van der Waals surface area contributed by atoms with Gasteiger partial charge in [-0.1, -0.05) is 23.7 Å². The zero-order valence-electron chi connectivity index (χ0n) is 19.9. The number of halogens is 2. The maximum absolute atomic E-state index is 13.3. The molecule has 1 aromatic heterocycles. The molecule has 1 atom stereocenters. The molecule has 2 aromatic carbocycles. The van der Waals surface area contributed by atoms with Gasteiger partial charge in [-0.2, -0.15) is 0 Å². The van der Waals surface area contributed by atoms with Crippen molar-refractivity contribution in [2.24, 2.45) is 4.99 Å². The van der Waals surface area contributed by atoms with Gasteiger partial charge in [-0.25, -0.2) is 9.37 Å². The fraction of sp³-hybridized carbons (Fsp3) is 0.259. The molecule has 0 saturated carbocycles. The molecule has 1 unspecified atom stereocenters. The number of piperazine rings is 1. The zero-order valence-corrected chi connectivity index (χ0v) is 20.6. The van der Waals surface area contributed by atoms with Crippen molar-refractivity contribution in [2.75, 3.05) is 37.6 Å². The van der Waals surface area contributed by atoms with Crippen LogP contribution in [0.15, 0.2) is 83.8 Å². The van der Waals surface area contributed by atoms with E-state index in [1.807, 2.05) is 37.3 Å². The number of carbonyl (C=O) groups is 1. The Morgan fingerprint density at radius 1 is 1.06 bits per heavy atom. The highest BCUT2D eigenvalue weighted by atomic mass is 35.5. The standard InChI is InChI=1S/C27H26ClFN6O/c1-19-16-21(18-34-12-14-35(15-13-34)24-8-6-23(29)7-9-24)27(32-19,20-2-4-22(28)5-3-20)33-26(36)25-17-30-10-11-31-25/h2-11,16-17H,12-15,18H2,1H3,(H,33,36). The first-order valence-electron chi connectivity index (χ1n) is 11.8. The molecule has 2 aliphatic heterocycles. The summed E-state index contributed by atoms with van der Waals surface area (Å²) >= 11 is 6.17. The molecule has 0 bridgehead atoms. The number of benzene rings is 2. The van der Waals surface area contributed by atoms with E-state index in [4.69, 9.17) is 16.6 Å². The zero-order chi connectivity index (χ0) is 25.1. The molecule has 0 aliphatic carbocycles. The van der Waals surface area contributed by atoms with Crippen molar-refractivity contribution in [2.45, 2.75) is 12.6 Å². The van der Waals surface area contributed by atoms with E-state index in [-0.39, 0.29) is 17.4 Å². The number of hydrogen-bond acceptors (Lipinski definition) is 6. The molecule has 1 fully saturated rings. The number of amides is 1. The monoisotopic (exact) mass is 504 g/mol. The van der Waals surface area contributed by atoms with E-state index < -0.39 is 5.66 Å². The van der Waals surface area contributed by atoms with Crippen LogP contribution in [-0.2, 0) is 5.66 Å². The number of anilines is 1. The lowest BCUT2D eigenvalue weighted by Crippen LogP contribution is -2.51. The summed E-state index contributed by atoms with van der Waals surface area (Å²) in [5.74, 6) is -0.591. The van der Waals surface area contributed by atoms with Crippen LogP contribution in [0, 0.1) is 5.82 Å². The number of nitrogens with zero attached hydrogens (tertiary/aromatic N) is 5. The molecule has 184 valence electrons. The third-order valence-electron chi connectivity index (χ3n) is 6.50. The predicted molar refractivity (Wildman–Crippen MR) is 139 cm³/mol. The van der Waals surface area contributed by atoms with Crippen molar-refractivity contribution >= 4 is 28.9 Å². The summed E-state index contributed by atoms with van der Waals surface area (Å²) in [5.41, 5.74) is 2.77. The van der Waals surface area contributed by atoms with E-state index in [2.05, 4.69) is 25.1 Å². The van der Waals surface area contributed by atoms with Crippen molar-refractivity contribution in [3.05, 3.63) is 101 Å². The fourth-order valence-corrected chi connectivity index (χ4v) is 4.83. The molecule has 0 radical (unpaired) electrons. The van der Waals surface area contributed by atoms with E-state index in [0.717, 1.165) is 48.7 Å². The third-order valence-corrected chi connectivity index (χ3v) is 6.75. The van der Waals surface area contributed by atoms with Crippen molar-refractivity contribution in [1.82, 2.24) is 20.2 Å². The maximum atomic E-state index is 13.3. The van der Waals surface area contributed by atoms with Gasteiger partial charge in [0.25, 0.3) is 5.91 Å². The van der Waals surface area contributed by atoms with Gasteiger partial charge in [-0.3, -0.25) is 19.7 Å². The maximum Gasteiger partial charge on any atom is 0.273 e. The highest BCUT2D eigenvalue weighted by molar-refractivity contribution is 6.30. The molecule has 1 N–H and O–H groups in total. The van der Waals surface area contributed by atoms with E-state index in [1.54, 1.807) is 12.1 Å². The average molecular weight is 505 g/mol. The topological polar surface area (TPSA) is 73.7 Å². The number of hydrogen-bond donors (Lipinski definition) is 1. The molecule has 36 heavy (non-hydrogen) atoms. The molecule has 1 saturated heterocycles. The number of allylic oxidation sites excluding steroid dienone is 1. The van der Waals surface area contributed by atoms with Gasteiger partial charge >= 0.3 is 0 Å². The first kappa shape index (κ1) is 24.1. The highest BCUT2D eigenvalue weighted by Gasteiger charge is 2.42. The quantitative estimate of drug-likeness (QED) is 0.547. The minimum Gasteiger partial charge on any atom is -0.369 e. The normalized spacial score (nSPS) is 20.1. The Morgan fingerprint density at radius 2 is 1.78 bits per heavy atom. The lowest BCUT2D eigenvalue weighted by molar-refractivity contribution is 0.0906. The third kappa shape index (κ3) is 5.01. The molecule has 9 heteroatoms. The van der Waals surface area contributed by atoms with Crippen LogP contribution in [0.4, 0.5) is 10.1 Å². The molecule has 0 spiro atoms. The van der Waals surface area contributed by atoms with Crippen LogP contribution in [0.1, 0.15) is 23.0 Å². The van der Waals surface area contributed by atoms with Gasteiger partial charge in [0, 0.05) is 67.1 Å². The minimum atomic E-state index is -1.07. The molecular weight excluding hydrogens is 479 g/mol. The second kappa shape index (κ2) is 10.2. The van der Waals surface area contributed by atoms with Crippen LogP contribution in [-0.4, -0.2) is 59.2 Å². The predicted octanol–water partition coefficient (Wildman–Crippen LogP) is 4.08. The molecule has 3 aromatic rings. The first-order chi connectivity index (χ1) is 17.4. The Kier molecular flexibility index (Phi) is 6.80. The highest BCUT2D eigenvalue weighted by Crippen LogP contribution is 2.37. The van der Waals surface area contributed by atoms with Gasteiger partial charge in [-0.15, -0.1) is 0 Å². The van der Waals surface area contributed by atoms with Crippen molar-refractivity contribution in [3.8, 4) is 0 Å². The van der Waals surface area contributed by atoms with Crippen LogP contribution < -0.4 is 10.2 Å². The Bertz CT molecular complexity index is 1290. The van der Waals surface area contributed by atoms with Crippen LogP contribution in [0.2, 0.25) is 5.02 Å². The van der Waals surface area contributed by atoms with Gasteiger partial charge in [0.15, 0.2) is 5.66 Å². The van der Waals surface area contributed by atoms with E-state index >= 15 is 0 Å². The van der Waals surface area contributed by atoms with Gasteiger partial charge in [0.05, 0.1) is 6.20 Å². The summed E-state index contributed by atoms with van der Waals surface area (Å²) in [5, 5.41) is 3.75. The minimum absolute atomic E-state index is 0.220. The van der Waals surface area contributed by atoms with Gasteiger partial charge in [0.1, 0.15) is 11.5 Å².